The predicted molar refractivity (Wildman–Crippen MR) is 109 cm³/mol. The second-order valence-electron chi connectivity index (χ2n) is 6.66. The molecule has 0 bridgehead atoms. The van der Waals surface area contributed by atoms with Gasteiger partial charge in [0.15, 0.2) is 5.58 Å². The Morgan fingerprint density at radius 3 is 2.59 bits per heavy atom. The van der Waals surface area contributed by atoms with Crippen molar-refractivity contribution in [3.63, 3.8) is 0 Å². The molecule has 0 aliphatic carbocycles. The molecule has 0 atom stereocenters. The summed E-state index contributed by atoms with van der Waals surface area (Å²) in [7, 11) is 0. The van der Waals surface area contributed by atoms with Crippen LogP contribution in [0.1, 0.15) is 9.68 Å². The lowest BCUT2D eigenvalue weighted by Crippen LogP contribution is -1.83. The maximum Gasteiger partial charge on any atom is 0.153 e. The van der Waals surface area contributed by atoms with Gasteiger partial charge in [0.1, 0.15) is 16.7 Å². The fraction of sp³-hybridized carbons (Fsp3) is 0.0417. The number of fused-ring (bicyclic) bond motifs is 6. The van der Waals surface area contributed by atoms with E-state index in [2.05, 4.69) is 4.98 Å². The molecule has 3 aromatic carbocycles. The summed E-state index contributed by atoms with van der Waals surface area (Å²) in [4.78, 5) is 4.61. The van der Waals surface area contributed by atoms with E-state index in [0.29, 0.717) is 11.2 Å². The van der Waals surface area contributed by atoms with Gasteiger partial charge in [0.2, 0.25) is 0 Å². The first kappa shape index (κ1) is 11.9. The molecule has 0 spiro atoms. The Bertz CT molecular complexity index is 1590. The van der Waals surface area contributed by atoms with Crippen LogP contribution >= 0.6 is 0 Å². The first-order valence-electron chi connectivity index (χ1n) is 10.2. The second kappa shape index (κ2) is 5.21. The zero-order valence-electron chi connectivity index (χ0n) is 17.2. The zero-order valence-corrected chi connectivity index (χ0v) is 14.2. The molecule has 0 aliphatic heterocycles. The van der Waals surface area contributed by atoms with E-state index in [9.17, 15) is 0 Å². The van der Waals surface area contributed by atoms with Crippen LogP contribution in [0.25, 0.3) is 55.1 Å². The van der Waals surface area contributed by atoms with Crippen LogP contribution in [-0.2, 0) is 0 Å². The Morgan fingerprint density at radius 2 is 1.63 bits per heavy atom. The number of nitrogens with zero attached hydrogens (tertiary/aromatic N) is 1. The van der Waals surface area contributed by atoms with Gasteiger partial charge in [0.05, 0.1) is 11.9 Å². The second-order valence-corrected chi connectivity index (χ2v) is 6.66. The van der Waals surface area contributed by atoms with Gasteiger partial charge >= 0.3 is 0 Å². The molecule has 128 valence electrons. The fourth-order valence-electron chi connectivity index (χ4n) is 3.78. The van der Waals surface area contributed by atoms with Crippen molar-refractivity contribution in [2.24, 2.45) is 0 Å². The summed E-state index contributed by atoms with van der Waals surface area (Å²) < 4.78 is 35.0. The first-order chi connectivity index (χ1) is 14.5. The van der Waals surface area contributed by atoms with Crippen LogP contribution in [0.2, 0.25) is 0 Å². The molecule has 3 heteroatoms. The van der Waals surface area contributed by atoms with Crippen LogP contribution in [-0.4, -0.2) is 4.98 Å². The molecule has 0 amide bonds. The topological polar surface area (TPSA) is 39.2 Å². The van der Waals surface area contributed by atoms with Gasteiger partial charge in [-0.05, 0) is 36.7 Å². The summed E-state index contributed by atoms with van der Waals surface area (Å²) in [6, 6.07) is 20.9. The number of aromatic nitrogens is 1. The molecular weight excluding hydrogens is 334 g/mol. The van der Waals surface area contributed by atoms with Crippen molar-refractivity contribution in [3.05, 3.63) is 78.5 Å². The molecule has 0 N–H and O–H groups in total. The molecule has 6 aromatic rings. The Labute approximate surface area is 159 Å². The molecule has 6 rings (SSSR count). The van der Waals surface area contributed by atoms with Gasteiger partial charge in [0.25, 0.3) is 0 Å². The number of rotatable bonds is 1. The van der Waals surface area contributed by atoms with E-state index < -0.39 is 6.85 Å². The molecular formula is C24H15NO2. The average molecular weight is 352 g/mol. The van der Waals surface area contributed by atoms with Crippen molar-refractivity contribution >= 4 is 43.9 Å². The van der Waals surface area contributed by atoms with Crippen molar-refractivity contribution in [1.29, 1.82) is 0 Å². The van der Waals surface area contributed by atoms with Gasteiger partial charge in [0, 0.05) is 31.2 Å². The van der Waals surface area contributed by atoms with E-state index in [4.69, 9.17) is 12.9 Å². The summed E-state index contributed by atoms with van der Waals surface area (Å²) in [6.07, 6.45) is 1.74. The molecule has 0 unspecified atom stereocenters. The summed E-state index contributed by atoms with van der Waals surface area (Å²) in [5, 5.41) is 3.84. The average Bonchev–Trinajstić information content (AvgIpc) is 3.30. The van der Waals surface area contributed by atoms with Gasteiger partial charge in [-0.3, -0.25) is 4.98 Å². The lowest BCUT2D eigenvalue weighted by molar-refractivity contribution is 0.666. The van der Waals surface area contributed by atoms with E-state index in [0.717, 1.165) is 44.0 Å². The molecule has 0 aliphatic rings. The van der Waals surface area contributed by atoms with Gasteiger partial charge in [-0.1, -0.05) is 42.5 Å². The molecule has 3 heterocycles. The Kier molecular flexibility index (Phi) is 2.30. The lowest BCUT2D eigenvalue weighted by Gasteiger charge is -2.02. The third-order valence-electron chi connectivity index (χ3n) is 5.04. The van der Waals surface area contributed by atoms with Crippen LogP contribution in [0.3, 0.4) is 0 Å². The number of pyridine rings is 1. The van der Waals surface area contributed by atoms with E-state index in [1.54, 1.807) is 18.3 Å². The Hall–Kier alpha value is -3.59. The minimum Gasteiger partial charge on any atom is -0.455 e. The van der Waals surface area contributed by atoms with Crippen molar-refractivity contribution in [2.75, 3.05) is 0 Å². The molecule has 0 saturated heterocycles. The molecule has 3 aromatic heterocycles. The number of hydrogen-bond acceptors (Lipinski definition) is 3. The highest BCUT2D eigenvalue weighted by Crippen LogP contribution is 2.37. The van der Waals surface area contributed by atoms with Crippen molar-refractivity contribution in [3.8, 4) is 11.3 Å². The molecule has 3 nitrogen and oxygen atoms in total. The van der Waals surface area contributed by atoms with E-state index in [-0.39, 0.29) is 5.56 Å². The summed E-state index contributed by atoms with van der Waals surface area (Å²) in [5.41, 5.74) is 4.70. The first-order valence-corrected chi connectivity index (χ1v) is 8.72. The number of aryl methyl sites for hydroxylation is 1. The standard InChI is InChI=1S/C24H15NO2/c1-14-9-10-16-17-6-4-7-18(24(17)27-22(16)11-14)20-12-19-15-5-2-3-8-21(15)26-23(19)13-25-20/h2-13H,1H3/i1D3. The van der Waals surface area contributed by atoms with Crippen molar-refractivity contribution in [2.45, 2.75) is 6.85 Å². The van der Waals surface area contributed by atoms with Crippen molar-refractivity contribution < 1.29 is 12.9 Å². The van der Waals surface area contributed by atoms with Crippen LogP contribution in [0.15, 0.2) is 81.8 Å². The number of para-hydroxylation sites is 2. The van der Waals surface area contributed by atoms with Gasteiger partial charge < -0.3 is 8.83 Å². The molecule has 0 saturated carbocycles. The van der Waals surface area contributed by atoms with E-state index in [1.165, 1.54) is 0 Å². The molecule has 0 radical (unpaired) electrons. The Morgan fingerprint density at radius 1 is 0.741 bits per heavy atom. The predicted octanol–water partition coefficient (Wildman–Crippen LogP) is 6.86. The number of furan rings is 2. The minimum absolute atomic E-state index is 0.264. The Balaban J connectivity index is 1.61. The SMILES string of the molecule is [2H]C([2H])([2H])c1ccc2c(c1)oc1c(-c3cc4c(cn3)oc3ccccc34)cccc12. The highest BCUT2D eigenvalue weighted by atomic mass is 16.3. The normalized spacial score (nSPS) is 14.0. The van der Waals surface area contributed by atoms with Crippen LogP contribution in [0.4, 0.5) is 0 Å². The number of hydrogen-bond donors (Lipinski definition) is 0. The van der Waals surface area contributed by atoms with Gasteiger partial charge in [-0.25, -0.2) is 0 Å². The third-order valence-corrected chi connectivity index (χ3v) is 5.04. The summed E-state index contributed by atoms with van der Waals surface area (Å²) in [6.45, 7) is -2.18. The smallest absolute Gasteiger partial charge is 0.153 e. The lowest BCUT2D eigenvalue weighted by atomic mass is 10.0. The van der Waals surface area contributed by atoms with Gasteiger partial charge in [-0.15, -0.1) is 0 Å². The van der Waals surface area contributed by atoms with Gasteiger partial charge in [-0.2, -0.15) is 0 Å². The maximum absolute atomic E-state index is 7.66. The quantitative estimate of drug-likeness (QED) is 0.324. The highest BCUT2D eigenvalue weighted by molar-refractivity contribution is 6.11. The number of benzene rings is 3. The molecule has 0 fully saturated rings. The van der Waals surface area contributed by atoms with E-state index in [1.807, 2.05) is 54.6 Å². The van der Waals surface area contributed by atoms with Crippen LogP contribution < -0.4 is 0 Å². The van der Waals surface area contributed by atoms with Crippen molar-refractivity contribution in [1.82, 2.24) is 4.98 Å². The van der Waals surface area contributed by atoms with Crippen LogP contribution in [0.5, 0.6) is 0 Å². The zero-order chi connectivity index (χ0) is 20.5. The maximum atomic E-state index is 7.66. The summed E-state index contributed by atoms with van der Waals surface area (Å²) in [5.74, 6) is 0. The van der Waals surface area contributed by atoms with Crippen LogP contribution in [0, 0.1) is 6.85 Å². The molecule has 27 heavy (non-hydrogen) atoms. The summed E-state index contributed by atoms with van der Waals surface area (Å²) >= 11 is 0. The highest BCUT2D eigenvalue weighted by Gasteiger charge is 2.15. The fourth-order valence-corrected chi connectivity index (χ4v) is 3.78. The monoisotopic (exact) mass is 352 g/mol. The van der Waals surface area contributed by atoms with E-state index >= 15 is 0 Å². The largest absolute Gasteiger partial charge is 0.455 e. The minimum atomic E-state index is -2.18. The third kappa shape index (κ3) is 2.05.